The Morgan fingerprint density at radius 3 is 1.55 bits per heavy atom. The second-order valence-electron chi connectivity index (χ2n) is 19.0. The van der Waals surface area contributed by atoms with Crippen LogP contribution in [0.1, 0.15) is 22.3 Å². The number of aromatic nitrogens is 2. The minimum absolute atomic E-state index is 0.596. The van der Waals surface area contributed by atoms with Crippen LogP contribution in [-0.4, -0.2) is 9.61 Å². The third kappa shape index (κ3) is 6.78. The van der Waals surface area contributed by atoms with Crippen LogP contribution in [0.3, 0.4) is 0 Å². The van der Waals surface area contributed by atoms with Crippen LogP contribution >= 0.6 is 0 Å². The molecule has 0 radical (unpaired) electrons. The van der Waals surface area contributed by atoms with Crippen molar-refractivity contribution >= 4 is 44.1 Å². The number of rotatable bonds is 9. The van der Waals surface area contributed by atoms with Gasteiger partial charge >= 0.3 is 0 Å². The van der Waals surface area contributed by atoms with Gasteiger partial charge in [-0.05, 0) is 91.2 Å². The van der Waals surface area contributed by atoms with Crippen LogP contribution in [0, 0.1) is 0 Å². The Kier molecular flexibility index (Phi) is 10.1. The molecule has 0 atom stereocenters. The van der Waals surface area contributed by atoms with E-state index in [-0.39, 0.29) is 0 Å². The summed E-state index contributed by atoms with van der Waals surface area (Å²) in [5.41, 5.74) is 19.6. The van der Waals surface area contributed by atoms with Gasteiger partial charge in [0.1, 0.15) is 5.69 Å². The highest BCUT2D eigenvalue weighted by molar-refractivity contribution is 6.16. The van der Waals surface area contributed by atoms with E-state index in [0.717, 1.165) is 72.6 Å². The molecule has 0 spiro atoms. The first-order valence-electron chi connectivity index (χ1n) is 25.1. The second kappa shape index (κ2) is 17.4. The van der Waals surface area contributed by atoms with E-state index in [4.69, 9.17) is 5.10 Å². The van der Waals surface area contributed by atoms with E-state index in [0.29, 0.717) is 0 Å². The van der Waals surface area contributed by atoms with Crippen molar-refractivity contribution in [3.8, 4) is 55.9 Å². The zero-order chi connectivity index (χ0) is 48.3. The molecular weight excluding hydrogens is 883 g/mol. The average molecular weight is 930 g/mol. The fourth-order valence-corrected chi connectivity index (χ4v) is 11.9. The van der Waals surface area contributed by atoms with Gasteiger partial charge < -0.3 is 4.90 Å². The molecule has 73 heavy (non-hydrogen) atoms. The van der Waals surface area contributed by atoms with Crippen LogP contribution in [0.4, 0.5) is 17.1 Å². The van der Waals surface area contributed by atoms with Crippen molar-refractivity contribution in [2.24, 2.45) is 0 Å². The minimum atomic E-state index is -0.596. The van der Waals surface area contributed by atoms with Gasteiger partial charge in [0, 0.05) is 38.8 Å². The van der Waals surface area contributed by atoms with Crippen molar-refractivity contribution in [1.82, 2.24) is 9.61 Å². The predicted molar refractivity (Wildman–Crippen MR) is 304 cm³/mol. The highest BCUT2D eigenvalue weighted by atomic mass is 15.3. The van der Waals surface area contributed by atoms with Crippen LogP contribution in [0.2, 0.25) is 0 Å². The van der Waals surface area contributed by atoms with Crippen LogP contribution < -0.4 is 4.90 Å². The number of hydrogen-bond donors (Lipinski definition) is 0. The molecule has 1 aliphatic rings. The molecule has 14 rings (SSSR count). The largest absolute Gasteiger partial charge is 0.308 e. The maximum absolute atomic E-state index is 5.77. The Hall–Kier alpha value is -9.57. The molecule has 11 aromatic carbocycles. The zero-order valence-electron chi connectivity index (χ0n) is 40.0. The van der Waals surface area contributed by atoms with Gasteiger partial charge in [-0.3, -0.25) is 0 Å². The maximum Gasteiger partial charge on any atom is 0.101 e. The van der Waals surface area contributed by atoms with Crippen molar-refractivity contribution in [2.75, 3.05) is 4.90 Å². The van der Waals surface area contributed by atoms with Gasteiger partial charge in [-0.2, -0.15) is 5.10 Å². The number of pyridine rings is 1. The van der Waals surface area contributed by atoms with E-state index in [1.165, 1.54) is 49.7 Å². The summed E-state index contributed by atoms with van der Waals surface area (Å²) < 4.78 is 2.25. The summed E-state index contributed by atoms with van der Waals surface area (Å²) in [4.78, 5) is 2.50. The van der Waals surface area contributed by atoms with Crippen LogP contribution in [0.5, 0.6) is 0 Å². The van der Waals surface area contributed by atoms with Gasteiger partial charge in [0.25, 0.3) is 0 Å². The molecule has 0 bridgehead atoms. The van der Waals surface area contributed by atoms with Crippen LogP contribution in [0.15, 0.2) is 285 Å². The van der Waals surface area contributed by atoms with Crippen molar-refractivity contribution in [3.63, 3.8) is 0 Å². The number of benzene rings is 11. The van der Waals surface area contributed by atoms with Gasteiger partial charge in [0.2, 0.25) is 0 Å². The van der Waals surface area contributed by atoms with E-state index in [2.05, 4.69) is 295 Å². The lowest BCUT2D eigenvalue weighted by Gasteiger charge is -2.35. The molecule has 0 aliphatic heterocycles. The lowest BCUT2D eigenvalue weighted by molar-refractivity contribution is 0.768. The molecule has 342 valence electrons. The first-order valence-corrected chi connectivity index (χ1v) is 25.1. The molecule has 1 aliphatic carbocycles. The molecule has 0 N–H and O–H groups in total. The minimum Gasteiger partial charge on any atom is -0.308 e. The summed E-state index contributed by atoms with van der Waals surface area (Å²) in [5.74, 6) is 0. The second-order valence-corrected chi connectivity index (χ2v) is 19.0. The number of nitrogens with zero attached hydrogens (tertiary/aromatic N) is 3. The Bertz CT molecular complexity index is 4130. The third-order valence-electron chi connectivity index (χ3n) is 15.0. The van der Waals surface area contributed by atoms with Gasteiger partial charge in [0.15, 0.2) is 0 Å². The SMILES string of the molecule is c1ccc(-c2nn3c(-c4ccccc4)c(N(c4ccc(-c5ccc6ccccc6c5)cc4)c4ccc5c(c4)C(c4ccccc4)(c4ccccc4)c4ccccc4-5)c4ccccc4c3c2-c2ccccc2)cc1. The fraction of sp³-hybridized carbons (Fsp3) is 0.0143. The van der Waals surface area contributed by atoms with E-state index < -0.39 is 5.41 Å². The van der Waals surface area contributed by atoms with E-state index in [9.17, 15) is 0 Å². The van der Waals surface area contributed by atoms with Gasteiger partial charge in [-0.15, -0.1) is 0 Å². The fourth-order valence-electron chi connectivity index (χ4n) is 11.9. The summed E-state index contributed by atoms with van der Waals surface area (Å²) in [5, 5.41) is 10.5. The maximum atomic E-state index is 5.77. The van der Waals surface area contributed by atoms with Crippen molar-refractivity contribution in [2.45, 2.75) is 5.41 Å². The molecule has 0 fully saturated rings. The lowest BCUT2D eigenvalue weighted by Crippen LogP contribution is -2.28. The van der Waals surface area contributed by atoms with E-state index in [1.54, 1.807) is 0 Å². The smallest absolute Gasteiger partial charge is 0.101 e. The Morgan fingerprint density at radius 2 is 0.863 bits per heavy atom. The highest BCUT2D eigenvalue weighted by Crippen LogP contribution is 2.58. The quantitative estimate of drug-likeness (QED) is 0.144. The Labute approximate surface area is 425 Å². The summed E-state index contributed by atoms with van der Waals surface area (Å²) in [6, 6.07) is 104. The predicted octanol–water partition coefficient (Wildman–Crippen LogP) is 18.1. The van der Waals surface area contributed by atoms with Crippen molar-refractivity contribution in [3.05, 3.63) is 307 Å². The van der Waals surface area contributed by atoms with E-state index >= 15 is 0 Å². The summed E-state index contributed by atoms with van der Waals surface area (Å²) in [7, 11) is 0. The standard InChI is InChI=1S/C70H47N3/c1-6-23-50(24-7-1)65-66(51-25-8-2-9-26-51)71-73-67(52-27-10-3-11-28-52)69(62-36-19-18-35-61(62)68(65)73)72(57-42-40-49(41-43-57)54-39-38-48-22-16-17-29-53(48)46-54)58-44-45-60-59-34-20-21-37-63(59)70(64(60)47-58,55-30-12-4-13-31-55)56-32-14-5-15-33-56/h1-47H. The summed E-state index contributed by atoms with van der Waals surface area (Å²) in [6.07, 6.45) is 0. The average Bonchev–Trinajstić information content (AvgIpc) is 4.02. The monoisotopic (exact) mass is 929 g/mol. The molecule has 0 unspecified atom stereocenters. The molecule has 2 heterocycles. The van der Waals surface area contributed by atoms with Gasteiger partial charge in [0.05, 0.1) is 22.3 Å². The number of anilines is 3. The molecule has 3 nitrogen and oxygen atoms in total. The lowest BCUT2D eigenvalue weighted by atomic mass is 9.67. The molecular formula is C70H47N3. The van der Waals surface area contributed by atoms with Crippen molar-refractivity contribution < 1.29 is 0 Å². The first kappa shape index (κ1) is 42.3. The summed E-state index contributed by atoms with van der Waals surface area (Å²) >= 11 is 0. The first-order chi connectivity index (χ1) is 36.2. The van der Waals surface area contributed by atoms with Gasteiger partial charge in [-0.25, -0.2) is 4.52 Å². The van der Waals surface area contributed by atoms with Crippen molar-refractivity contribution in [1.29, 1.82) is 0 Å². The summed E-state index contributed by atoms with van der Waals surface area (Å²) in [6.45, 7) is 0. The van der Waals surface area contributed by atoms with Crippen LogP contribution in [-0.2, 0) is 5.41 Å². The topological polar surface area (TPSA) is 20.5 Å². The molecule has 0 saturated carbocycles. The normalized spacial score (nSPS) is 12.5. The Balaban J connectivity index is 1.11. The van der Waals surface area contributed by atoms with E-state index in [1.807, 2.05) is 0 Å². The molecule has 2 aromatic heterocycles. The molecule has 3 heteroatoms. The molecule has 13 aromatic rings. The molecule has 0 saturated heterocycles. The zero-order valence-corrected chi connectivity index (χ0v) is 40.0. The Morgan fingerprint density at radius 1 is 0.342 bits per heavy atom. The number of fused-ring (bicyclic) bond motifs is 7. The van der Waals surface area contributed by atoms with Crippen LogP contribution in [0.25, 0.3) is 83.0 Å². The van der Waals surface area contributed by atoms with Gasteiger partial charge in [-0.1, -0.05) is 255 Å². The third-order valence-corrected chi connectivity index (χ3v) is 15.0. The molecule has 0 amide bonds. The number of hydrogen-bond acceptors (Lipinski definition) is 2. The highest BCUT2D eigenvalue weighted by Gasteiger charge is 2.46.